The lowest BCUT2D eigenvalue weighted by atomic mass is 9.99. The summed E-state index contributed by atoms with van der Waals surface area (Å²) in [5.41, 5.74) is 3.79. The van der Waals surface area contributed by atoms with Gasteiger partial charge in [0.05, 0.1) is 14.2 Å². The number of hydrogen-bond acceptors (Lipinski definition) is 4. The Morgan fingerprint density at radius 3 is 2.52 bits per heavy atom. The summed E-state index contributed by atoms with van der Waals surface area (Å²) in [6.45, 7) is 5.90. The summed E-state index contributed by atoms with van der Waals surface area (Å²) >= 11 is 0. The van der Waals surface area contributed by atoms with Gasteiger partial charge < -0.3 is 24.3 Å². The fourth-order valence-corrected chi connectivity index (χ4v) is 4.05. The number of nitrogens with zero attached hydrogens (tertiary/aromatic N) is 4. The Bertz CT molecular complexity index is 1070. The van der Waals surface area contributed by atoms with E-state index >= 15 is 0 Å². The third-order valence-electron chi connectivity index (χ3n) is 5.72. The Morgan fingerprint density at radius 1 is 1.09 bits per heavy atom. The zero-order valence-corrected chi connectivity index (χ0v) is 21.8. The molecule has 4 rings (SSSR count). The lowest BCUT2D eigenvalue weighted by Gasteiger charge is -2.32. The van der Waals surface area contributed by atoms with Crippen LogP contribution in [0.15, 0.2) is 59.9 Å². The van der Waals surface area contributed by atoms with E-state index in [9.17, 15) is 0 Å². The predicted octanol–water partition coefficient (Wildman–Crippen LogP) is 4.09. The molecular formula is C25H32IN5O2. The molecule has 0 unspecified atom stereocenters. The second-order valence-electron chi connectivity index (χ2n) is 7.77. The second kappa shape index (κ2) is 11.9. The average Bonchev–Trinajstić information content (AvgIpc) is 3.27. The summed E-state index contributed by atoms with van der Waals surface area (Å²) in [5, 5.41) is 3.45. The maximum absolute atomic E-state index is 5.50. The number of rotatable bonds is 7. The zero-order valence-electron chi connectivity index (χ0n) is 19.5. The van der Waals surface area contributed by atoms with Gasteiger partial charge in [-0.1, -0.05) is 30.3 Å². The van der Waals surface area contributed by atoms with E-state index in [1.54, 1.807) is 14.2 Å². The summed E-state index contributed by atoms with van der Waals surface area (Å²) in [6, 6.07) is 14.6. The van der Waals surface area contributed by atoms with Gasteiger partial charge in [0.1, 0.15) is 12.4 Å². The second-order valence-corrected chi connectivity index (χ2v) is 7.77. The Labute approximate surface area is 212 Å². The molecule has 7 nitrogen and oxygen atoms in total. The number of guanidine groups is 1. The van der Waals surface area contributed by atoms with Crippen molar-refractivity contribution < 1.29 is 9.47 Å². The minimum absolute atomic E-state index is 0. The lowest BCUT2D eigenvalue weighted by molar-refractivity contribution is 0.346. The lowest BCUT2D eigenvalue weighted by Crippen LogP contribution is -2.44. The summed E-state index contributed by atoms with van der Waals surface area (Å²) in [7, 11) is 3.35. The van der Waals surface area contributed by atoms with Crippen LogP contribution in [-0.2, 0) is 26.1 Å². The van der Waals surface area contributed by atoms with Gasteiger partial charge in [-0.3, -0.25) is 0 Å². The van der Waals surface area contributed by atoms with Gasteiger partial charge in [0.15, 0.2) is 17.5 Å². The molecule has 1 aliphatic rings. The number of halogens is 1. The van der Waals surface area contributed by atoms with Gasteiger partial charge in [0, 0.05) is 38.6 Å². The Balaban J connectivity index is 0.00000306. The number of aliphatic imine (C=N–C) groups is 1. The van der Waals surface area contributed by atoms with Crippen molar-refractivity contribution in [3.05, 3.63) is 77.4 Å². The highest BCUT2D eigenvalue weighted by atomic mass is 127. The van der Waals surface area contributed by atoms with Gasteiger partial charge in [-0.05, 0) is 42.2 Å². The largest absolute Gasteiger partial charge is 0.493 e. The van der Waals surface area contributed by atoms with Crippen molar-refractivity contribution in [1.29, 1.82) is 0 Å². The number of ether oxygens (including phenoxy) is 2. The molecule has 8 heteroatoms. The number of benzene rings is 2. The predicted molar refractivity (Wildman–Crippen MR) is 142 cm³/mol. The average molecular weight is 561 g/mol. The van der Waals surface area contributed by atoms with Crippen LogP contribution in [0.4, 0.5) is 0 Å². The number of imidazole rings is 1. The standard InChI is InChI=1S/C25H31N5O2.HI/c1-4-26-25(28-16-24-27-11-13-29(24)17-19-8-6-5-7-9-19)30-12-10-20-14-22(31-2)23(32-3)15-21(20)18-30;/h5-9,11,13-15H,4,10,12,16-18H2,1-3H3,(H,26,28);1H. The summed E-state index contributed by atoms with van der Waals surface area (Å²) < 4.78 is 13.1. The molecule has 0 spiro atoms. The van der Waals surface area contributed by atoms with Crippen molar-refractivity contribution >= 4 is 29.9 Å². The minimum Gasteiger partial charge on any atom is -0.493 e. The molecule has 2 aromatic carbocycles. The SMILES string of the molecule is CCNC(=NCc1nccn1Cc1ccccc1)N1CCc2cc(OC)c(OC)cc2C1.I. The normalized spacial score (nSPS) is 13.2. The molecular weight excluding hydrogens is 529 g/mol. The smallest absolute Gasteiger partial charge is 0.194 e. The number of nitrogens with one attached hydrogen (secondary N) is 1. The van der Waals surface area contributed by atoms with Crippen LogP contribution in [0.5, 0.6) is 11.5 Å². The van der Waals surface area contributed by atoms with E-state index in [1.165, 1.54) is 16.7 Å². The monoisotopic (exact) mass is 561 g/mol. The third-order valence-corrected chi connectivity index (χ3v) is 5.72. The van der Waals surface area contributed by atoms with Gasteiger partial charge in [-0.2, -0.15) is 0 Å². The third kappa shape index (κ3) is 5.98. The molecule has 33 heavy (non-hydrogen) atoms. The van der Waals surface area contributed by atoms with Gasteiger partial charge in [-0.25, -0.2) is 9.98 Å². The molecule has 0 amide bonds. The highest BCUT2D eigenvalue weighted by molar-refractivity contribution is 14.0. The molecule has 2 heterocycles. The van der Waals surface area contributed by atoms with Crippen LogP contribution in [0.25, 0.3) is 0 Å². The highest BCUT2D eigenvalue weighted by Crippen LogP contribution is 2.33. The van der Waals surface area contributed by atoms with E-state index < -0.39 is 0 Å². The van der Waals surface area contributed by atoms with Crippen LogP contribution in [0.1, 0.15) is 29.4 Å². The fraction of sp³-hybridized carbons (Fsp3) is 0.360. The zero-order chi connectivity index (χ0) is 22.3. The number of methoxy groups -OCH3 is 2. The van der Waals surface area contributed by atoms with E-state index in [4.69, 9.17) is 14.5 Å². The fourth-order valence-electron chi connectivity index (χ4n) is 4.05. The quantitative estimate of drug-likeness (QED) is 0.268. The van der Waals surface area contributed by atoms with Gasteiger partial charge >= 0.3 is 0 Å². The van der Waals surface area contributed by atoms with Crippen molar-refractivity contribution in [2.45, 2.75) is 33.0 Å². The van der Waals surface area contributed by atoms with E-state index in [0.717, 1.165) is 55.9 Å². The molecule has 0 saturated carbocycles. The Morgan fingerprint density at radius 2 is 1.82 bits per heavy atom. The first kappa shape index (κ1) is 24.9. The van der Waals surface area contributed by atoms with Crippen molar-refractivity contribution in [2.24, 2.45) is 4.99 Å². The molecule has 1 aliphatic heterocycles. The maximum atomic E-state index is 5.50. The van der Waals surface area contributed by atoms with E-state index in [0.29, 0.717) is 6.54 Å². The first-order valence-electron chi connectivity index (χ1n) is 11.0. The molecule has 1 N–H and O–H groups in total. The van der Waals surface area contributed by atoms with Crippen LogP contribution in [0, 0.1) is 0 Å². The molecule has 0 fully saturated rings. The first-order valence-corrected chi connectivity index (χ1v) is 11.0. The number of aromatic nitrogens is 2. The molecule has 0 aliphatic carbocycles. The van der Waals surface area contributed by atoms with Crippen LogP contribution in [-0.4, -0.2) is 47.7 Å². The van der Waals surface area contributed by atoms with Crippen LogP contribution in [0.3, 0.4) is 0 Å². The van der Waals surface area contributed by atoms with Crippen molar-refractivity contribution in [1.82, 2.24) is 19.8 Å². The summed E-state index contributed by atoms with van der Waals surface area (Å²) in [5.74, 6) is 3.40. The Kier molecular flexibility index (Phi) is 8.99. The van der Waals surface area contributed by atoms with Crippen LogP contribution < -0.4 is 14.8 Å². The maximum Gasteiger partial charge on any atom is 0.194 e. The highest BCUT2D eigenvalue weighted by Gasteiger charge is 2.21. The van der Waals surface area contributed by atoms with Gasteiger partial charge in [-0.15, -0.1) is 24.0 Å². The van der Waals surface area contributed by atoms with Gasteiger partial charge in [0.2, 0.25) is 0 Å². The van der Waals surface area contributed by atoms with Crippen LogP contribution >= 0.6 is 24.0 Å². The van der Waals surface area contributed by atoms with Crippen molar-refractivity contribution in [3.8, 4) is 11.5 Å². The summed E-state index contributed by atoms with van der Waals surface area (Å²) in [4.78, 5) is 11.8. The van der Waals surface area contributed by atoms with Crippen LogP contribution in [0.2, 0.25) is 0 Å². The topological polar surface area (TPSA) is 63.9 Å². The Hall–Kier alpha value is -2.75. The first-order chi connectivity index (χ1) is 15.7. The summed E-state index contributed by atoms with van der Waals surface area (Å²) in [6.07, 6.45) is 4.79. The molecule has 1 aromatic heterocycles. The molecule has 0 atom stereocenters. The molecule has 0 radical (unpaired) electrons. The van der Waals surface area contributed by atoms with Crippen molar-refractivity contribution in [2.75, 3.05) is 27.3 Å². The molecule has 176 valence electrons. The van der Waals surface area contributed by atoms with Gasteiger partial charge in [0.25, 0.3) is 0 Å². The molecule has 0 saturated heterocycles. The minimum atomic E-state index is 0. The molecule has 0 bridgehead atoms. The van der Waals surface area contributed by atoms with E-state index in [2.05, 4.69) is 63.1 Å². The van der Waals surface area contributed by atoms with E-state index in [1.807, 2.05) is 18.5 Å². The van der Waals surface area contributed by atoms with E-state index in [-0.39, 0.29) is 24.0 Å². The number of hydrogen-bond donors (Lipinski definition) is 1. The van der Waals surface area contributed by atoms with Crippen molar-refractivity contribution in [3.63, 3.8) is 0 Å². The number of fused-ring (bicyclic) bond motifs is 1. The molecule has 3 aromatic rings.